The van der Waals surface area contributed by atoms with E-state index >= 15 is 0 Å². The van der Waals surface area contributed by atoms with Crippen LogP contribution in [0, 0.1) is 6.92 Å². The van der Waals surface area contributed by atoms with E-state index in [4.69, 9.17) is 14.9 Å². The molecule has 0 unspecified atom stereocenters. The molecule has 0 amide bonds. The minimum atomic E-state index is 0.413. The molecule has 0 spiro atoms. The highest BCUT2D eigenvalue weighted by atomic mass is 79.9. The maximum Gasteiger partial charge on any atom is 0.146 e. The lowest BCUT2D eigenvalue weighted by Gasteiger charge is -2.07. The van der Waals surface area contributed by atoms with Crippen molar-refractivity contribution in [2.75, 3.05) is 0 Å². The van der Waals surface area contributed by atoms with Crippen molar-refractivity contribution in [3.05, 3.63) is 51.9 Å². The smallest absolute Gasteiger partial charge is 0.146 e. The van der Waals surface area contributed by atoms with Crippen molar-refractivity contribution < 1.29 is 9.15 Å². The van der Waals surface area contributed by atoms with E-state index in [0.717, 1.165) is 27.3 Å². The van der Waals surface area contributed by atoms with Crippen LogP contribution in [0.25, 0.3) is 0 Å². The third-order valence-electron chi connectivity index (χ3n) is 2.44. The van der Waals surface area contributed by atoms with Crippen molar-refractivity contribution in [3.8, 4) is 5.75 Å². The SMILES string of the molecule is Cc1ccc(Br)cc1OCc1ccc(CN)o1. The number of rotatable bonds is 4. The molecule has 17 heavy (non-hydrogen) atoms. The summed E-state index contributed by atoms with van der Waals surface area (Å²) in [5, 5.41) is 0. The van der Waals surface area contributed by atoms with Crippen LogP contribution in [0.4, 0.5) is 0 Å². The summed E-state index contributed by atoms with van der Waals surface area (Å²) in [6, 6.07) is 9.69. The molecule has 0 aliphatic heterocycles. The Morgan fingerprint density at radius 2 is 2.00 bits per heavy atom. The highest BCUT2D eigenvalue weighted by Gasteiger charge is 2.04. The molecule has 2 aromatic rings. The van der Waals surface area contributed by atoms with E-state index in [2.05, 4.69) is 15.9 Å². The predicted molar refractivity (Wildman–Crippen MR) is 69.8 cm³/mol. The van der Waals surface area contributed by atoms with Gasteiger partial charge in [-0.15, -0.1) is 0 Å². The topological polar surface area (TPSA) is 48.4 Å². The molecule has 0 atom stereocenters. The second-order valence-electron chi connectivity index (χ2n) is 3.77. The van der Waals surface area contributed by atoms with Gasteiger partial charge >= 0.3 is 0 Å². The maximum absolute atomic E-state index is 5.70. The van der Waals surface area contributed by atoms with Gasteiger partial charge in [0.2, 0.25) is 0 Å². The van der Waals surface area contributed by atoms with Crippen LogP contribution < -0.4 is 10.5 Å². The lowest BCUT2D eigenvalue weighted by Crippen LogP contribution is -1.96. The molecule has 2 N–H and O–H groups in total. The Morgan fingerprint density at radius 3 is 2.71 bits per heavy atom. The van der Waals surface area contributed by atoms with Gasteiger partial charge in [0, 0.05) is 4.47 Å². The van der Waals surface area contributed by atoms with E-state index in [1.54, 1.807) is 0 Å². The van der Waals surface area contributed by atoms with Crippen molar-refractivity contribution in [1.29, 1.82) is 0 Å². The number of halogens is 1. The quantitative estimate of drug-likeness (QED) is 0.940. The third-order valence-corrected chi connectivity index (χ3v) is 2.93. The summed E-state index contributed by atoms with van der Waals surface area (Å²) < 4.78 is 12.2. The third kappa shape index (κ3) is 3.11. The van der Waals surface area contributed by atoms with Crippen LogP contribution in [0.1, 0.15) is 17.1 Å². The van der Waals surface area contributed by atoms with E-state index in [1.807, 2.05) is 37.3 Å². The standard InChI is InChI=1S/C13H14BrNO2/c1-9-2-3-10(14)6-13(9)16-8-12-5-4-11(7-15)17-12/h2-6H,7-8,15H2,1H3. The minimum absolute atomic E-state index is 0.413. The van der Waals surface area contributed by atoms with Crippen LogP contribution in [-0.4, -0.2) is 0 Å². The molecule has 4 heteroatoms. The molecule has 3 nitrogen and oxygen atoms in total. The molecule has 0 saturated carbocycles. The zero-order valence-corrected chi connectivity index (χ0v) is 11.2. The van der Waals surface area contributed by atoms with Crippen LogP contribution in [0.15, 0.2) is 39.2 Å². The molecule has 0 saturated heterocycles. The first-order chi connectivity index (χ1) is 8.19. The van der Waals surface area contributed by atoms with Crippen LogP contribution in [0.2, 0.25) is 0 Å². The molecule has 90 valence electrons. The van der Waals surface area contributed by atoms with Crippen LogP contribution in [0.5, 0.6) is 5.75 Å². The molecule has 1 aromatic carbocycles. The Balaban J connectivity index is 2.04. The fraction of sp³-hybridized carbons (Fsp3) is 0.231. The monoisotopic (exact) mass is 295 g/mol. The lowest BCUT2D eigenvalue weighted by molar-refractivity contribution is 0.264. The summed E-state index contributed by atoms with van der Waals surface area (Å²) in [5.74, 6) is 2.41. The van der Waals surface area contributed by atoms with Crippen LogP contribution in [-0.2, 0) is 13.2 Å². The maximum atomic E-state index is 5.70. The van der Waals surface area contributed by atoms with Crippen molar-refractivity contribution in [3.63, 3.8) is 0 Å². The Bertz CT molecular complexity index is 508. The van der Waals surface area contributed by atoms with Gasteiger partial charge < -0.3 is 14.9 Å². The fourth-order valence-electron chi connectivity index (χ4n) is 1.49. The number of hydrogen-bond acceptors (Lipinski definition) is 3. The highest BCUT2D eigenvalue weighted by molar-refractivity contribution is 9.10. The predicted octanol–water partition coefficient (Wildman–Crippen LogP) is 3.39. The second kappa shape index (κ2) is 5.38. The summed E-state index contributed by atoms with van der Waals surface area (Å²) in [5.41, 5.74) is 6.57. The molecule has 1 heterocycles. The van der Waals surface area contributed by atoms with Gasteiger partial charge in [-0.1, -0.05) is 22.0 Å². The van der Waals surface area contributed by atoms with Gasteiger partial charge in [0.1, 0.15) is 23.9 Å². The lowest BCUT2D eigenvalue weighted by atomic mass is 10.2. The summed E-state index contributed by atoms with van der Waals surface area (Å²) in [7, 11) is 0. The zero-order valence-electron chi connectivity index (χ0n) is 9.57. The average Bonchev–Trinajstić information content (AvgIpc) is 2.78. The van der Waals surface area contributed by atoms with Gasteiger partial charge in [-0.05, 0) is 36.8 Å². The van der Waals surface area contributed by atoms with Gasteiger partial charge in [0.15, 0.2) is 0 Å². The number of aryl methyl sites for hydroxylation is 1. The largest absolute Gasteiger partial charge is 0.485 e. The molecular formula is C13H14BrNO2. The first-order valence-corrected chi connectivity index (χ1v) is 6.15. The van der Waals surface area contributed by atoms with Crippen molar-refractivity contribution in [2.24, 2.45) is 5.73 Å². The molecular weight excluding hydrogens is 282 g/mol. The Hall–Kier alpha value is -1.26. The van der Waals surface area contributed by atoms with E-state index in [-0.39, 0.29) is 0 Å². The van der Waals surface area contributed by atoms with Gasteiger partial charge in [-0.25, -0.2) is 0 Å². The van der Waals surface area contributed by atoms with Crippen molar-refractivity contribution in [1.82, 2.24) is 0 Å². The van der Waals surface area contributed by atoms with Crippen molar-refractivity contribution in [2.45, 2.75) is 20.1 Å². The van der Waals surface area contributed by atoms with Crippen molar-refractivity contribution >= 4 is 15.9 Å². The molecule has 0 fully saturated rings. The first-order valence-electron chi connectivity index (χ1n) is 5.35. The van der Waals surface area contributed by atoms with E-state index in [0.29, 0.717) is 13.2 Å². The van der Waals surface area contributed by atoms with Gasteiger partial charge in [0.25, 0.3) is 0 Å². The molecule has 0 aliphatic carbocycles. The number of furan rings is 1. The highest BCUT2D eigenvalue weighted by Crippen LogP contribution is 2.24. The van der Waals surface area contributed by atoms with E-state index < -0.39 is 0 Å². The molecule has 0 aliphatic rings. The number of ether oxygens (including phenoxy) is 1. The Kier molecular flexibility index (Phi) is 3.86. The van der Waals surface area contributed by atoms with E-state index in [1.165, 1.54) is 0 Å². The summed E-state index contributed by atoms with van der Waals surface area (Å²) in [4.78, 5) is 0. The fourth-order valence-corrected chi connectivity index (χ4v) is 1.83. The number of hydrogen-bond donors (Lipinski definition) is 1. The normalized spacial score (nSPS) is 10.5. The molecule has 0 bridgehead atoms. The zero-order chi connectivity index (χ0) is 12.3. The molecule has 0 radical (unpaired) electrons. The van der Waals surface area contributed by atoms with Crippen LogP contribution >= 0.6 is 15.9 Å². The van der Waals surface area contributed by atoms with Gasteiger partial charge in [-0.3, -0.25) is 0 Å². The summed E-state index contributed by atoms with van der Waals surface area (Å²) in [6.45, 7) is 2.84. The Labute approximate surface area is 109 Å². The molecule has 2 rings (SSSR count). The summed E-state index contributed by atoms with van der Waals surface area (Å²) >= 11 is 3.42. The number of benzene rings is 1. The Morgan fingerprint density at radius 1 is 1.24 bits per heavy atom. The average molecular weight is 296 g/mol. The minimum Gasteiger partial charge on any atom is -0.485 e. The van der Waals surface area contributed by atoms with E-state index in [9.17, 15) is 0 Å². The number of nitrogens with two attached hydrogens (primary N) is 1. The second-order valence-corrected chi connectivity index (χ2v) is 4.69. The van der Waals surface area contributed by atoms with Gasteiger partial charge in [-0.2, -0.15) is 0 Å². The summed E-state index contributed by atoms with van der Waals surface area (Å²) in [6.07, 6.45) is 0. The first kappa shape index (κ1) is 12.2. The van der Waals surface area contributed by atoms with Gasteiger partial charge in [0.05, 0.1) is 6.54 Å². The van der Waals surface area contributed by atoms with Crippen LogP contribution in [0.3, 0.4) is 0 Å². The molecule has 1 aromatic heterocycles.